The number of rotatable bonds is 14. The molecule has 0 aliphatic heterocycles. The zero-order chi connectivity index (χ0) is 26.9. The van der Waals surface area contributed by atoms with Gasteiger partial charge in [0.05, 0.1) is 12.2 Å². The van der Waals surface area contributed by atoms with E-state index in [-0.39, 0.29) is 11.8 Å². The van der Waals surface area contributed by atoms with Crippen LogP contribution in [-0.4, -0.2) is 28.4 Å². The fraction of sp³-hybridized carbons (Fsp3) is 0.606. The summed E-state index contributed by atoms with van der Waals surface area (Å²) in [6.45, 7) is 9.51. The second-order valence-corrected chi connectivity index (χ2v) is 11.2. The number of ether oxygens (including phenoxy) is 1. The van der Waals surface area contributed by atoms with E-state index in [0.29, 0.717) is 13.0 Å². The quantitative estimate of drug-likeness (QED) is 0.253. The molecule has 3 rings (SSSR count). The standard InChI is InChI=1S/C33H48O4/c1-5-33(6-2,29-16-17-30(26(4)24-29)37-22-12-7-9-13-31(34)35)28-15-14-27(25(3)23-28)18-21-32(36)19-10-8-11-20-32/h14-17,23-24,36H,5-13,18-22H2,1-4H3,(H,34,35). The summed E-state index contributed by atoms with van der Waals surface area (Å²) in [7, 11) is 0. The van der Waals surface area contributed by atoms with E-state index in [0.717, 1.165) is 75.5 Å². The predicted octanol–water partition coefficient (Wildman–Crippen LogP) is 8.06. The van der Waals surface area contributed by atoms with Crippen molar-refractivity contribution in [3.63, 3.8) is 0 Å². The van der Waals surface area contributed by atoms with Gasteiger partial charge < -0.3 is 14.9 Å². The summed E-state index contributed by atoms with van der Waals surface area (Å²) in [6, 6.07) is 13.6. The molecule has 1 aliphatic rings. The third kappa shape index (κ3) is 7.60. The van der Waals surface area contributed by atoms with E-state index in [1.165, 1.54) is 28.7 Å². The maximum absolute atomic E-state index is 11.0. The summed E-state index contributed by atoms with van der Waals surface area (Å²) in [6.07, 6.45) is 12.0. The Balaban J connectivity index is 1.70. The third-order valence-electron chi connectivity index (χ3n) is 8.77. The van der Waals surface area contributed by atoms with Crippen LogP contribution in [0.1, 0.15) is 119 Å². The van der Waals surface area contributed by atoms with Crippen molar-refractivity contribution in [1.82, 2.24) is 0 Å². The molecule has 0 heterocycles. The minimum atomic E-state index is -0.731. The van der Waals surface area contributed by atoms with Gasteiger partial charge in [0, 0.05) is 11.8 Å². The van der Waals surface area contributed by atoms with Crippen LogP contribution in [-0.2, 0) is 16.6 Å². The average Bonchev–Trinajstić information content (AvgIpc) is 2.88. The Hall–Kier alpha value is -2.33. The van der Waals surface area contributed by atoms with E-state index in [9.17, 15) is 9.90 Å². The maximum atomic E-state index is 11.0. The van der Waals surface area contributed by atoms with Gasteiger partial charge in [0.1, 0.15) is 5.75 Å². The lowest BCUT2D eigenvalue weighted by molar-refractivity contribution is -0.137. The van der Waals surface area contributed by atoms with Gasteiger partial charge in [-0.05, 0) is 106 Å². The first-order valence-electron chi connectivity index (χ1n) is 14.5. The van der Waals surface area contributed by atoms with Gasteiger partial charge in [-0.25, -0.2) is 0 Å². The van der Waals surface area contributed by atoms with E-state index in [4.69, 9.17) is 9.84 Å². The Morgan fingerprint density at radius 3 is 2.16 bits per heavy atom. The van der Waals surface area contributed by atoms with E-state index in [1.54, 1.807) is 0 Å². The molecule has 1 aliphatic carbocycles. The van der Waals surface area contributed by atoms with Crippen molar-refractivity contribution in [2.45, 2.75) is 122 Å². The molecule has 0 spiro atoms. The summed E-state index contributed by atoms with van der Waals surface area (Å²) in [4.78, 5) is 10.7. The average molecular weight is 509 g/mol. The molecule has 2 aromatic carbocycles. The van der Waals surface area contributed by atoms with E-state index in [2.05, 4.69) is 64.1 Å². The Labute approximate surface area is 224 Å². The largest absolute Gasteiger partial charge is 0.493 e. The van der Waals surface area contributed by atoms with Gasteiger partial charge in [0.2, 0.25) is 0 Å². The number of carboxylic acid groups (broad SMARTS) is 1. The van der Waals surface area contributed by atoms with Crippen LogP contribution in [0.2, 0.25) is 0 Å². The van der Waals surface area contributed by atoms with Crippen molar-refractivity contribution in [1.29, 1.82) is 0 Å². The highest BCUT2D eigenvalue weighted by molar-refractivity contribution is 5.66. The molecule has 0 amide bonds. The van der Waals surface area contributed by atoms with Crippen LogP contribution < -0.4 is 4.74 Å². The van der Waals surface area contributed by atoms with Gasteiger partial charge in [-0.15, -0.1) is 0 Å². The molecule has 2 aromatic rings. The number of aliphatic carboxylic acids is 1. The first-order valence-corrected chi connectivity index (χ1v) is 14.5. The van der Waals surface area contributed by atoms with Crippen molar-refractivity contribution in [2.24, 2.45) is 0 Å². The smallest absolute Gasteiger partial charge is 0.303 e. The number of carbonyl (C=O) groups is 1. The maximum Gasteiger partial charge on any atom is 0.303 e. The van der Waals surface area contributed by atoms with Gasteiger partial charge in [0.25, 0.3) is 0 Å². The first kappa shape index (κ1) is 29.2. The molecule has 0 saturated heterocycles. The number of benzene rings is 2. The van der Waals surface area contributed by atoms with Crippen LogP contribution in [0.15, 0.2) is 36.4 Å². The lowest BCUT2D eigenvalue weighted by Crippen LogP contribution is -2.31. The van der Waals surface area contributed by atoms with Crippen LogP contribution in [0.5, 0.6) is 5.75 Å². The van der Waals surface area contributed by atoms with Crippen molar-refractivity contribution < 1.29 is 19.7 Å². The molecule has 204 valence electrons. The number of unbranched alkanes of at least 4 members (excludes halogenated alkanes) is 2. The Bertz CT molecular complexity index is 1010. The van der Waals surface area contributed by atoms with Gasteiger partial charge in [-0.3, -0.25) is 4.79 Å². The lowest BCUT2D eigenvalue weighted by Gasteiger charge is -2.35. The summed E-state index contributed by atoms with van der Waals surface area (Å²) in [5.74, 6) is 0.181. The number of aliphatic hydroxyl groups is 1. The molecule has 4 nitrogen and oxygen atoms in total. The molecule has 37 heavy (non-hydrogen) atoms. The van der Waals surface area contributed by atoms with Crippen LogP contribution >= 0.6 is 0 Å². The highest BCUT2D eigenvalue weighted by Gasteiger charge is 2.32. The van der Waals surface area contributed by atoms with Gasteiger partial charge >= 0.3 is 5.97 Å². The molecule has 1 saturated carbocycles. The highest BCUT2D eigenvalue weighted by atomic mass is 16.5. The monoisotopic (exact) mass is 508 g/mol. The SMILES string of the molecule is CCC(CC)(c1ccc(CCC2(O)CCCCC2)c(C)c1)c1ccc(OCCCCCC(=O)O)c(C)c1. The molecule has 0 radical (unpaired) electrons. The van der Waals surface area contributed by atoms with Crippen LogP contribution in [0.3, 0.4) is 0 Å². The Morgan fingerprint density at radius 1 is 0.919 bits per heavy atom. The van der Waals surface area contributed by atoms with Gasteiger partial charge in [-0.2, -0.15) is 0 Å². The summed E-state index contributed by atoms with van der Waals surface area (Å²) >= 11 is 0. The fourth-order valence-electron chi connectivity index (χ4n) is 6.18. The number of carboxylic acids is 1. The van der Waals surface area contributed by atoms with Crippen molar-refractivity contribution in [3.05, 3.63) is 64.2 Å². The van der Waals surface area contributed by atoms with Crippen LogP contribution in [0.4, 0.5) is 0 Å². The minimum absolute atomic E-state index is 0.0506. The van der Waals surface area contributed by atoms with Gasteiger partial charge in [0.15, 0.2) is 0 Å². The second kappa shape index (κ2) is 13.5. The molecule has 0 atom stereocenters. The van der Waals surface area contributed by atoms with Crippen LogP contribution in [0, 0.1) is 13.8 Å². The van der Waals surface area contributed by atoms with E-state index in [1.807, 2.05) is 0 Å². The topological polar surface area (TPSA) is 66.8 Å². The van der Waals surface area contributed by atoms with E-state index >= 15 is 0 Å². The number of hydrogen-bond acceptors (Lipinski definition) is 3. The van der Waals surface area contributed by atoms with Crippen LogP contribution in [0.25, 0.3) is 0 Å². The fourth-order valence-corrected chi connectivity index (χ4v) is 6.18. The van der Waals surface area contributed by atoms with Gasteiger partial charge in [-0.1, -0.05) is 63.4 Å². The molecule has 4 heteroatoms. The molecule has 0 unspecified atom stereocenters. The molecule has 2 N–H and O–H groups in total. The second-order valence-electron chi connectivity index (χ2n) is 11.2. The third-order valence-corrected chi connectivity index (χ3v) is 8.77. The number of hydrogen-bond donors (Lipinski definition) is 2. The van der Waals surface area contributed by atoms with E-state index < -0.39 is 11.6 Å². The Morgan fingerprint density at radius 2 is 1.57 bits per heavy atom. The molecule has 0 bridgehead atoms. The van der Waals surface area contributed by atoms with Crippen molar-refractivity contribution in [3.8, 4) is 5.75 Å². The zero-order valence-electron chi connectivity index (χ0n) is 23.6. The Kier molecular flexibility index (Phi) is 10.6. The molecule has 1 fully saturated rings. The molecular weight excluding hydrogens is 460 g/mol. The normalized spacial score (nSPS) is 15.5. The van der Waals surface area contributed by atoms with Crippen molar-refractivity contribution >= 4 is 5.97 Å². The first-order chi connectivity index (χ1) is 17.7. The number of aryl methyl sites for hydroxylation is 3. The summed E-state index contributed by atoms with van der Waals surface area (Å²) < 4.78 is 6.04. The molecule has 0 aromatic heterocycles. The summed E-state index contributed by atoms with van der Waals surface area (Å²) in [5, 5.41) is 19.7. The van der Waals surface area contributed by atoms with Crippen molar-refractivity contribution in [2.75, 3.05) is 6.61 Å². The lowest BCUT2D eigenvalue weighted by atomic mass is 9.69. The highest BCUT2D eigenvalue weighted by Crippen LogP contribution is 2.41. The summed E-state index contributed by atoms with van der Waals surface area (Å²) in [5.41, 5.74) is 5.98. The zero-order valence-corrected chi connectivity index (χ0v) is 23.6. The predicted molar refractivity (Wildman–Crippen MR) is 152 cm³/mol. The molecular formula is C33H48O4. The minimum Gasteiger partial charge on any atom is -0.493 e.